The highest BCUT2D eigenvalue weighted by molar-refractivity contribution is 5.89. The van der Waals surface area contributed by atoms with E-state index >= 15 is 0 Å². The van der Waals surface area contributed by atoms with Gasteiger partial charge in [0.25, 0.3) is 0 Å². The molecule has 2 N–H and O–H groups in total. The highest BCUT2D eigenvalue weighted by atomic mass is 16.6. The van der Waals surface area contributed by atoms with Crippen LogP contribution < -0.4 is 10.1 Å². The zero-order valence-electron chi connectivity index (χ0n) is 24.8. The standard InChI is InChI=1S/C31H44N6O4/c1-21(6-5-19-38)41-31(39)33-26-12-9-24(20-27(26)40-4)28-29-22(2)32-13-14-37(29)30(34-28)23-7-10-25(11-8-23)36-17-15-35(3)16-18-36/h9,12-14,20-21,23,25,38H,5-8,10-11,15-19H2,1-4H3,(H,33,39)/t21?,23-,25-. The van der Waals surface area contributed by atoms with Gasteiger partial charge < -0.3 is 19.5 Å². The van der Waals surface area contributed by atoms with Crippen molar-refractivity contribution in [3.63, 3.8) is 0 Å². The topological polar surface area (TPSA) is 104 Å². The summed E-state index contributed by atoms with van der Waals surface area (Å²) in [5.41, 5.74) is 4.23. The Bertz CT molecular complexity index is 1330. The van der Waals surface area contributed by atoms with E-state index in [1.165, 1.54) is 25.9 Å². The Labute approximate surface area is 242 Å². The molecule has 3 heterocycles. The number of aryl methyl sites for hydroxylation is 1. The number of rotatable bonds is 9. The molecule has 1 aliphatic heterocycles. The van der Waals surface area contributed by atoms with Crippen LogP contribution in [0.15, 0.2) is 30.6 Å². The van der Waals surface area contributed by atoms with Gasteiger partial charge in [0.1, 0.15) is 17.7 Å². The van der Waals surface area contributed by atoms with Crippen LogP contribution in [-0.4, -0.2) is 94.5 Å². The van der Waals surface area contributed by atoms with Crippen LogP contribution in [0.1, 0.15) is 62.9 Å². The largest absolute Gasteiger partial charge is 0.495 e. The number of imidazole rings is 1. The maximum Gasteiger partial charge on any atom is 0.412 e. The normalized spacial score (nSPS) is 21.1. The fraction of sp³-hybridized carbons (Fsp3) is 0.581. The van der Waals surface area contributed by atoms with Crippen LogP contribution in [0.2, 0.25) is 0 Å². The second-order valence-electron chi connectivity index (χ2n) is 11.5. The molecule has 10 heteroatoms. The van der Waals surface area contributed by atoms with Crippen molar-refractivity contribution in [1.82, 2.24) is 24.2 Å². The molecule has 2 aromatic heterocycles. The van der Waals surface area contributed by atoms with Crippen molar-refractivity contribution in [2.45, 2.75) is 70.4 Å². The lowest BCUT2D eigenvalue weighted by Gasteiger charge is -2.41. The van der Waals surface area contributed by atoms with Gasteiger partial charge in [0.15, 0.2) is 0 Å². The Balaban J connectivity index is 1.35. The Morgan fingerprint density at radius 2 is 1.93 bits per heavy atom. The van der Waals surface area contributed by atoms with E-state index in [0.717, 1.165) is 54.2 Å². The number of ether oxygens (including phenoxy) is 2. The van der Waals surface area contributed by atoms with Crippen LogP contribution in [0.5, 0.6) is 5.75 Å². The minimum Gasteiger partial charge on any atom is -0.495 e. The number of aromatic nitrogens is 3. The maximum absolute atomic E-state index is 12.5. The van der Waals surface area contributed by atoms with E-state index in [9.17, 15) is 4.79 Å². The van der Waals surface area contributed by atoms with Gasteiger partial charge >= 0.3 is 6.09 Å². The molecule has 41 heavy (non-hydrogen) atoms. The Hall–Kier alpha value is -3.21. The highest BCUT2D eigenvalue weighted by Crippen LogP contribution is 2.39. The molecule has 0 bridgehead atoms. The number of fused-ring (bicyclic) bond motifs is 1. The molecule has 0 spiro atoms. The lowest BCUT2D eigenvalue weighted by molar-refractivity contribution is 0.0872. The molecule has 222 valence electrons. The summed E-state index contributed by atoms with van der Waals surface area (Å²) in [5.74, 6) is 2.02. The number of aliphatic hydroxyl groups excluding tert-OH is 1. The second kappa shape index (κ2) is 13.2. The van der Waals surface area contributed by atoms with Gasteiger partial charge in [0.2, 0.25) is 0 Å². The summed E-state index contributed by atoms with van der Waals surface area (Å²) in [4.78, 5) is 27.4. The van der Waals surface area contributed by atoms with Gasteiger partial charge in [-0.15, -0.1) is 0 Å². The smallest absolute Gasteiger partial charge is 0.412 e. The van der Waals surface area contributed by atoms with Crippen LogP contribution in [-0.2, 0) is 4.74 Å². The van der Waals surface area contributed by atoms with E-state index in [2.05, 4.69) is 31.5 Å². The van der Waals surface area contributed by atoms with Crippen molar-refractivity contribution in [2.75, 3.05) is 52.3 Å². The summed E-state index contributed by atoms with van der Waals surface area (Å²) in [6, 6.07) is 6.36. The van der Waals surface area contributed by atoms with Crippen LogP contribution in [0.3, 0.4) is 0 Å². The molecule has 1 amide bonds. The summed E-state index contributed by atoms with van der Waals surface area (Å²) in [6.45, 7) is 8.55. The molecular formula is C31H44N6O4. The first-order chi connectivity index (χ1) is 19.9. The third kappa shape index (κ3) is 6.66. The molecule has 1 atom stereocenters. The summed E-state index contributed by atoms with van der Waals surface area (Å²) in [7, 11) is 3.80. The Kier molecular flexibility index (Phi) is 9.42. The molecule has 2 fully saturated rings. The van der Waals surface area contributed by atoms with Gasteiger partial charge in [-0.3, -0.25) is 19.6 Å². The number of methoxy groups -OCH3 is 1. The number of nitrogens with one attached hydrogen (secondary N) is 1. The van der Waals surface area contributed by atoms with Gasteiger partial charge in [0, 0.05) is 62.7 Å². The zero-order valence-corrected chi connectivity index (χ0v) is 24.8. The number of carbonyl (C=O) groups is 1. The molecule has 2 aliphatic rings. The Morgan fingerprint density at radius 3 is 2.63 bits per heavy atom. The molecule has 5 rings (SSSR count). The van der Waals surface area contributed by atoms with E-state index in [-0.39, 0.29) is 12.7 Å². The summed E-state index contributed by atoms with van der Waals surface area (Å²) < 4.78 is 13.3. The fourth-order valence-corrected chi connectivity index (χ4v) is 6.30. The summed E-state index contributed by atoms with van der Waals surface area (Å²) in [5, 5.41) is 11.8. The lowest BCUT2D eigenvalue weighted by Crippen LogP contribution is -2.49. The van der Waals surface area contributed by atoms with Crippen LogP contribution >= 0.6 is 0 Å². The third-order valence-electron chi connectivity index (χ3n) is 8.67. The average molecular weight is 565 g/mol. The predicted octanol–water partition coefficient (Wildman–Crippen LogP) is 4.70. The van der Waals surface area contributed by atoms with Gasteiger partial charge in [-0.05, 0) is 71.6 Å². The number of hydrogen-bond acceptors (Lipinski definition) is 8. The number of aliphatic hydroxyl groups is 1. The van der Waals surface area contributed by atoms with Crippen molar-refractivity contribution in [2.24, 2.45) is 0 Å². The second-order valence-corrected chi connectivity index (χ2v) is 11.5. The number of carbonyl (C=O) groups excluding carboxylic acids is 1. The first-order valence-corrected chi connectivity index (χ1v) is 14.9. The molecule has 1 saturated heterocycles. The summed E-state index contributed by atoms with van der Waals surface area (Å²) >= 11 is 0. The van der Waals surface area contributed by atoms with Crippen molar-refractivity contribution in [3.8, 4) is 17.0 Å². The van der Waals surface area contributed by atoms with Gasteiger partial charge in [-0.1, -0.05) is 6.07 Å². The van der Waals surface area contributed by atoms with Crippen molar-refractivity contribution in [1.29, 1.82) is 0 Å². The number of amides is 1. The fourth-order valence-electron chi connectivity index (χ4n) is 6.30. The third-order valence-corrected chi connectivity index (χ3v) is 8.67. The monoisotopic (exact) mass is 564 g/mol. The number of nitrogens with zero attached hydrogens (tertiary/aromatic N) is 5. The quantitative estimate of drug-likeness (QED) is 0.386. The molecule has 3 aromatic rings. The van der Waals surface area contributed by atoms with Crippen molar-refractivity contribution < 1.29 is 19.4 Å². The van der Waals surface area contributed by atoms with Crippen LogP contribution in [0.25, 0.3) is 16.8 Å². The zero-order chi connectivity index (χ0) is 28.9. The molecule has 1 unspecified atom stereocenters. The van der Waals surface area contributed by atoms with E-state index < -0.39 is 6.09 Å². The summed E-state index contributed by atoms with van der Waals surface area (Å²) in [6.07, 6.45) is 8.87. The SMILES string of the molecule is COc1cc(-c2nc([C@H]3CC[C@H](N4CCN(C)CC4)CC3)n3ccnc(C)c23)ccc1NC(=O)OC(C)CCCO. The van der Waals surface area contributed by atoms with E-state index in [1.54, 1.807) is 7.11 Å². The van der Waals surface area contributed by atoms with Gasteiger partial charge in [0.05, 0.1) is 29.7 Å². The number of hydrogen-bond donors (Lipinski definition) is 2. The molecule has 1 aliphatic carbocycles. The number of benzene rings is 1. The first-order valence-electron chi connectivity index (χ1n) is 14.9. The molecule has 10 nitrogen and oxygen atoms in total. The van der Waals surface area contributed by atoms with Crippen LogP contribution in [0.4, 0.5) is 10.5 Å². The van der Waals surface area contributed by atoms with Crippen molar-refractivity contribution in [3.05, 3.63) is 42.1 Å². The minimum absolute atomic E-state index is 0.0713. The molecule has 0 radical (unpaired) electrons. The van der Waals surface area contributed by atoms with E-state index in [0.29, 0.717) is 36.2 Å². The first kappa shape index (κ1) is 29.3. The number of piperazine rings is 1. The average Bonchev–Trinajstić information content (AvgIpc) is 3.38. The van der Waals surface area contributed by atoms with Crippen molar-refractivity contribution >= 4 is 17.3 Å². The lowest BCUT2D eigenvalue weighted by atomic mass is 9.84. The molecule has 1 saturated carbocycles. The van der Waals surface area contributed by atoms with Gasteiger partial charge in [-0.25, -0.2) is 9.78 Å². The Morgan fingerprint density at radius 1 is 1.17 bits per heavy atom. The number of likely N-dealkylation sites (N-methyl/N-ethyl adjacent to an activating group) is 1. The van der Waals surface area contributed by atoms with E-state index in [1.807, 2.05) is 44.4 Å². The van der Waals surface area contributed by atoms with Gasteiger partial charge in [-0.2, -0.15) is 0 Å². The van der Waals surface area contributed by atoms with Crippen LogP contribution in [0, 0.1) is 6.92 Å². The van der Waals surface area contributed by atoms with E-state index in [4.69, 9.17) is 19.6 Å². The molecule has 1 aromatic carbocycles. The highest BCUT2D eigenvalue weighted by Gasteiger charge is 2.31. The minimum atomic E-state index is -0.552. The number of anilines is 1. The predicted molar refractivity (Wildman–Crippen MR) is 160 cm³/mol. The maximum atomic E-state index is 12.5. The molecular weight excluding hydrogens is 520 g/mol.